The Bertz CT molecular complexity index is 1680. The Balaban J connectivity index is 0.000000127. The highest BCUT2D eigenvalue weighted by molar-refractivity contribution is 5.80. The van der Waals surface area contributed by atoms with Gasteiger partial charge in [-0.25, -0.2) is 4.79 Å². The number of hydrogen-bond acceptors (Lipinski definition) is 5. The third-order valence-corrected chi connectivity index (χ3v) is 6.05. The summed E-state index contributed by atoms with van der Waals surface area (Å²) in [5.41, 5.74) is 5.74. The van der Waals surface area contributed by atoms with E-state index < -0.39 is 0 Å². The van der Waals surface area contributed by atoms with E-state index in [9.17, 15) is 4.79 Å². The molecule has 0 saturated heterocycles. The third kappa shape index (κ3) is 7.46. The molecule has 0 atom stereocenters. The topological polar surface area (TPSA) is 68.9 Å². The predicted molar refractivity (Wildman–Crippen MR) is 165 cm³/mol. The van der Waals surface area contributed by atoms with Crippen LogP contribution in [0, 0.1) is 0 Å². The number of fused-ring (bicyclic) bond motifs is 1. The zero-order chi connectivity index (χ0) is 28.1. The number of benzene rings is 3. The molecule has 0 aliphatic carbocycles. The largest absolute Gasteiger partial charge is 0.422 e. The second kappa shape index (κ2) is 13.9. The summed E-state index contributed by atoms with van der Waals surface area (Å²) < 4.78 is 5.25. The summed E-state index contributed by atoms with van der Waals surface area (Å²) in [6.07, 6.45) is 5.27. The van der Waals surface area contributed by atoms with Crippen molar-refractivity contribution in [3.8, 4) is 33.8 Å². The number of rotatable bonds is 3. The van der Waals surface area contributed by atoms with Crippen LogP contribution in [-0.2, 0) is 0 Å². The van der Waals surface area contributed by atoms with Crippen LogP contribution in [-0.4, -0.2) is 15.0 Å². The number of nitrogens with zero attached hydrogens (tertiary/aromatic N) is 3. The fraction of sp³-hybridized carbons (Fsp3) is 0. The van der Waals surface area contributed by atoms with Gasteiger partial charge in [0.05, 0.1) is 22.6 Å². The molecule has 0 N–H and O–H groups in total. The fourth-order valence-electron chi connectivity index (χ4n) is 4.05. The zero-order valence-electron chi connectivity index (χ0n) is 22.2. The maximum Gasteiger partial charge on any atom is 0.345 e. The summed E-state index contributed by atoms with van der Waals surface area (Å²) in [6.45, 7) is 0. The molecule has 5 nitrogen and oxygen atoms in total. The van der Waals surface area contributed by atoms with Gasteiger partial charge in [0.1, 0.15) is 5.58 Å². The Morgan fingerprint density at radius 1 is 0.439 bits per heavy atom. The van der Waals surface area contributed by atoms with Crippen molar-refractivity contribution in [3.05, 3.63) is 175 Å². The SMILES string of the molecule is O=c1oc2ccccc2cc1-c1ccccn1.c1ccc(-c2ccccn2)cc1.c1ccc(-c2ccccn2)cc1. The summed E-state index contributed by atoms with van der Waals surface area (Å²) >= 11 is 0. The molecule has 0 radical (unpaired) electrons. The van der Waals surface area contributed by atoms with Gasteiger partial charge in [0, 0.05) is 35.1 Å². The number of pyridine rings is 3. The Kier molecular flexibility index (Phi) is 9.14. The molecular formula is C36H27N3O2. The molecule has 0 aliphatic heterocycles. The first-order chi connectivity index (χ1) is 20.3. The van der Waals surface area contributed by atoms with Crippen LogP contribution >= 0.6 is 0 Å². The lowest BCUT2D eigenvalue weighted by Crippen LogP contribution is -2.03. The minimum absolute atomic E-state index is 0.359. The number of aromatic nitrogens is 3. The molecule has 0 unspecified atom stereocenters. The van der Waals surface area contributed by atoms with E-state index in [1.807, 2.05) is 122 Å². The zero-order valence-corrected chi connectivity index (χ0v) is 22.2. The summed E-state index contributed by atoms with van der Waals surface area (Å²) in [5.74, 6) is 0. The Labute approximate surface area is 238 Å². The van der Waals surface area contributed by atoms with Crippen molar-refractivity contribution in [2.75, 3.05) is 0 Å². The molecule has 0 fully saturated rings. The Hall–Kier alpha value is -5.68. The molecule has 0 aliphatic rings. The van der Waals surface area contributed by atoms with E-state index in [0.717, 1.165) is 27.9 Å². The average molecular weight is 534 g/mol. The van der Waals surface area contributed by atoms with Crippen molar-refractivity contribution in [2.45, 2.75) is 0 Å². The van der Waals surface area contributed by atoms with Gasteiger partial charge >= 0.3 is 5.63 Å². The molecule has 0 saturated carbocycles. The van der Waals surface area contributed by atoms with E-state index in [-0.39, 0.29) is 5.63 Å². The van der Waals surface area contributed by atoms with Crippen LogP contribution < -0.4 is 5.63 Å². The van der Waals surface area contributed by atoms with Gasteiger partial charge in [-0.3, -0.25) is 15.0 Å². The van der Waals surface area contributed by atoms with Crippen LogP contribution in [0.25, 0.3) is 44.7 Å². The molecule has 41 heavy (non-hydrogen) atoms. The fourth-order valence-corrected chi connectivity index (χ4v) is 4.05. The second-order valence-corrected chi connectivity index (χ2v) is 8.86. The number of hydrogen-bond donors (Lipinski definition) is 0. The van der Waals surface area contributed by atoms with Gasteiger partial charge in [0.15, 0.2) is 0 Å². The van der Waals surface area contributed by atoms with Crippen LogP contribution in [0.5, 0.6) is 0 Å². The molecule has 0 amide bonds. The first-order valence-corrected chi connectivity index (χ1v) is 13.1. The normalized spacial score (nSPS) is 10.0. The molecule has 0 bridgehead atoms. The van der Waals surface area contributed by atoms with Crippen molar-refractivity contribution in [1.29, 1.82) is 0 Å². The highest BCUT2D eigenvalue weighted by Crippen LogP contribution is 2.19. The van der Waals surface area contributed by atoms with E-state index in [1.165, 1.54) is 0 Å². The standard InChI is InChI=1S/C14H9NO2.2C11H9N/c16-14-11(12-6-3-4-8-15-12)9-10-5-1-2-7-13(10)17-14;2*1-2-6-10(7-3-1)11-8-4-5-9-12-11/h1-9H;2*1-9H. The first kappa shape index (κ1) is 26.9. The second-order valence-electron chi connectivity index (χ2n) is 8.86. The molecule has 3 aromatic carbocycles. The monoisotopic (exact) mass is 533 g/mol. The quantitative estimate of drug-likeness (QED) is 0.214. The maximum atomic E-state index is 11.8. The van der Waals surface area contributed by atoms with Crippen molar-refractivity contribution in [2.24, 2.45) is 0 Å². The van der Waals surface area contributed by atoms with Crippen LogP contribution in [0.1, 0.15) is 0 Å². The van der Waals surface area contributed by atoms with Crippen LogP contribution in [0.2, 0.25) is 0 Å². The summed E-state index contributed by atoms with van der Waals surface area (Å²) in [4.78, 5) is 24.5. The van der Waals surface area contributed by atoms with Crippen LogP contribution in [0.3, 0.4) is 0 Å². The maximum absolute atomic E-state index is 11.8. The van der Waals surface area contributed by atoms with Gasteiger partial charge in [0.25, 0.3) is 0 Å². The van der Waals surface area contributed by atoms with Crippen LogP contribution in [0.4, 0.5) is 0 Å². The van der Waals surface area contributed by atoms with Crippen molar-refractivity contribution in [3.63, 3.8) is 0 Å². The highest BCUT2D eigenvalue weighted by Gasteiger charge is 2.07. The lowest BCUT2D eigenvalue weighted by atomic mass is 10.1. The minimum atomic E-state index is -0.359. The predicted octanol–water partition coefficient (Wildman–Crippen LogP) is 8.35. The summed E-state index contributed by atoms with van der Waals surface area (Å²) in [6, 6.07) is 46.9. The van der Waals surface area contributed by atoms with Crippen molar-refractivity contribution < 1.29 is 4.42 Å². The van der Waals surface area contributed by atoms with Gasteiger partial charge in [0.2, 0.25) is 0 Å². The van der Waals surface area contributed by atoms with Gasteiger partial charge in [-0.15, -0.1) is 0 Å². The lowest BCUT2D eigenvalue weighted by Gasteiger charge is -2.00. The Morgan fingerprint density at radius 2 is 0.878 bits per heavy atom. The number of para-hydroxylation sites is 1. The van der Waals surface area contributed by atoms with Gasteiger partial charge in [-0.2, -0.15) is 0 Å². The highest BCUT2D eigenvalue weighted by atomic mass is 16.4. The van der Waals surface area contributed by atoms with E-state index in [4.69, 9.17) is 4.42 Å². The van der Waals surface area contributed by atoms with Gasteiger partial charge in [-0.05, 0) is 48.5 Å². The van der Waals surface area contributed by atoms with E-state index in [0.29, 0.717) is 16.8 Å². The van der Waals surface area contributed by atoms with E-state index >= 15 is 0 Å². The summed E-state index contributed by atoms with van der Waals surface area (Å²) in [7, 11) is 0. The molecule has 4 heterocycles. The molecule has 4 aromatic heterocycles. The minimum Gasteiger partial charge on any atom is -0.422 e. The molecule has 7 rings (SSSR count). The molecule has 7 aromatic rings. The molecule has 198 valence electrons. The van der Waals surface area contributed by atoms with Crippen molar-refractivity contribution >= 4 is 11.0 Å². The van der Waals surface area contributed by atoms with E-state index in [1.54, 1.807) is 18.3 Å². The average Bonchev–Trinajstić information content (AvgIpc) is 3.07. The third-order valence-electron chi connectivity index (χ3n) is 6.05. The lowest BCUT2D eigenvalue weighted by molar-refractivity contribution is 0.563. The smallest absolute Gasteiger partial charge is 0.345 e. The Morgan fingerprint density at radius 3 is 1.37 bits per heavy atom. The van der Waals surface area contributed by atoms with Gasteiger partial charge in [-0.1, -0.05) is 97.1 Å². The van der Waals surface area contributed by atoms with Gasteiger partial charge < -0.3 is 4.42 Å². The van der Waals surface area contributed by atoms with Crippen molar-refractivity contribution in [1.82, 2.24) is 15.0 Å². The molecular weight excluding hydrogens is 506 g/mol. The summed E-state index contributed by atoms with van der Waals surface area (Å²) in [5, 5.41) is 0.896. The molecule has 5 heteroatoms. The first-order valence-electron chi connectivity index (χ1n) is 13.1. The molecule has 0 spiro atoms. The van der Waals surface area contributed by atoms with Crippen LogP contribution in [0.15, 0.2) is 173 Å². The van der Waals surface area contributed by atoms with E-state index in [2.05, 4.69) is 39.2 Å².